The molecule has 3 aromatic rings. The summed E-state index contributed by atoms with van der Waals surface area (Å²) in [7, 11) is 1.60. The van der Waals surface area contributed by atoms with E-state index in [-0.39, 0.29) is 5.78 Å². The van der Waals surface area contributed by atoms with E-state index in [9.17, 15) is 4.79 Å². The van der Waals surface area contributed by atoms with Crippen molar-refractivity contribution in [3.05, 3.63) is 60.3 Å². The van der Waals surface area contributed by atoms with Crippen LogP contribution in [0.5, 0.6) is 17.2 Å². The quantitative estimate of drug-likeness (QED) is 0.610. The first-order valence-electron chi connectivity index (χ1n) is 8.15. The van der Waals surface area contributed by atoms with Gasteiger partial charge in [0.1, 0.15) is 22.8 Å². The molecule has 4 nitrogen and oxygen atoms in total. The largest absolute Gasteiger partial charge is 0.494 e. The summed E-state index contributed by atoms with van der Waals surface area (Å²) < 4.78 is 11.5. The van der Waals surface area contributed by atoms with E-state index in [4.69, 9.17) is 9.47 Å². The molecule has 0 atom stereocenters. The Morgan fingerprint density at radius 2 is 1.72 bits per heavy atom. The fraction of sp³-hybridized carbons (Fsp3) is 0.238. The zero-order valence-corrected chi connectivity index (χ0v) is 14.9. The molecule has 128 valence electrons. The summed E-state index contributed by atoms with van der Waals surface area (Å²) in [4.78, 5) is 17.4. The van der Waals surface area contributed by atoms with Crippen LogP contribution < -0.4 is 9.47 Å². The number of nitrogens with zero attached hydrogens (tertiary/aromatic N) is 1. The smallest absolute Gasteiger partial charge is 0.173 e. The van der Waals surface area contributed by atoms with Gasteiger partial charge in [0.05, 0.1) is 12.7 Å². The number of benzene rings is 2. The van der Waals surface area contributed by atoms with Crippen LogP contribution in [0.3, 0.4) is 0 Å². The number of methoxy groups -OCH3 is 1. The van der Waals surface area contributed by atoms with Crippen LogP contribution in [0.1, 0.15) is 31.1 Å². The molecule has 0 bridgehead atoms. The number of hydrogen-bond donors (Lipinski definition) is 0. The molecule has 3 rings (SSSR count). The van der Waals surface area contributed by atoms with Crippen LogP contribution in [0.2, 0.25) is 0 Å². The van der Waals surface area contributed by atoms with Crippen molar-refractivity contribution in [3.8, 4) is 17.2 Å². The summed E-state index contributed by atoms with van der Waals surface area (Å²) in [5.41, 5.74) is 0.599. The number of hydrogen-bond acceptors (Lipinski definition) is 4. The minimum atomic E-state index is -0.539. The zero-order valence-electron chi connectivity index (χ0n) is 14.9. The molecular formula is C21H21NO3. The minimum absolute atomic E-state index is 0.0179. The topological polar surface area (TPSA) is 48.4 Å². The first-order valence-corrected chi connectivity index (χ1v) is 8.15. The highest BCUT2D eigenvalue weighted by atomic mass is 16.5. The molecule has 0 aliphatic heterocycles. The number of para-hydroxylation sites is 2. The monoisotopic (exact) mass is 335 g/mol. The van der Waals surface area contributed by atoms with Gasteiger partial charge in [-0.1, -0.05) is 45.0 Å². The van der Waals surface area contributed by atoms with E-state index in [0.717, 1.165) is 5.39 Å². The van der Waals surface area contributed by atoms with Crippen molar-refractivity contribution in [2.24, 2.45) is 5.41 Å². The Labute approximate surface area is 147 Å². The number of ether oxygens (including phenoxy) is 2. The Hall–Kier alpha value is -2.88. The highest BCUT2D eigenvalue weighted by Crippen LogP contribution is 2.38. The molecule has 0 aliphatic carbocycles. The molecule has 0 fully saturated rings. The maximum absolute atomic E-state index is 12.9. The molecule has 1 aromatic heterocycles. The average Bonchev–Trinajstić information content (AvgIpc) is 2.61. The van der Waals surface area contributed by atoms with Crippen molar-refractivity contribution in [2.45, 2.75) is 20.8 Å². The third kappa shape index (κ3) is 3.33. The van der Waals surface area contributed by atoms with E-state index in [0.29, 0.717) is 28.3 Å². The van der Waals surface area contributed by atoms with Gasteiger partial charge in [0, 0.05) is 17.0 Å². The number of ketones is 1. The third-order valence-electron chi connectivity index (χ3n) is 3.92. The van der Waals surface area contributed by atoms with E-state index in [1.807, 2.05) is 69.3 Å². The third-order valence-corrected chi connectivity index (χ3v) is 3.92. The van der Waals surface area contributed by atoms with Crippen molar-refractivity contribution in [3.63, 3.8) is 0 Å². The van der Waals surface area contributed by atoms with Crippen LogP contribution in [0.15, 0.2) is 54.7 Å². The van der Waals surface area contributed by atoms with Crippen LogP contribution in [-0.2, 0) is 0 Å². The van der Waals surface area contributed by atoms with Gasteiger partial charge in [-0.2, -0.15) is 0 Å². The van der Waals surface area contributed by atoms with Crippen molar-refractivity contribution >= 4 is 16.7 Å². The summed E-state index contributed by atoms with van der Waals surface area (Å²) in [6, 6.07) is 15.0. The maximum Gasteiger partial charge on any atom is 0.173 e. The van der Waals surface area contributed by atoms with Crippen molar-refractivity contribution in [2.75, 3.05) is 7.11 Å². The molecule has 0 saturated carbocycles. The van der Waals surface area contributed by atoms with Gasteiger partial charge in [-0.15, -0.1) is 0 Å². The lowest BCUT2D eigenvalue weighted by atomic mass is 9.86. The van der Waals surface area contributed by atoms with Gasteiger partial charge in [-0.05, 0) is 24.3 Å². The molecule has 2 aromatic carbocycles. The Bertz CT molecular complexity index is 912. The van der Waals surface area contributed by atoms with E-state index >= 15 is 0 Å². The van der Waals surface area contributed by atoms with Crippen LogP contribution in [0, 0.1) is 5.41 Å². The van der Waals surface area contributed by atoms with Gasteiger partial charge in [0.15, 0.2) is 5.78 Å². The predicted octanol–water partition coefficient (Wildman–Crippen LogP) is 5.26. The lowest BCUT2D eigenvalue weighted by Gasteiger charge is -2.20. The number of pyridine rings is 1. The molecule has 0 aliphatic rings. The predicted molar refractivity (Wildman–Crippen MR) is 98.6 cm³/mol. The SMILES string of the molecule is COc1cccc2c(Oc3ccccc3)c(C(=O)C(C)(C)C)cnc12. The van der Waals surface area contributed by atoms with Gasteiger partial charge >= 0.3 is 0 Å². The fourth-order valence-electron chi connectivity index (χ4n) is 2.62. The number of fused-ring (bicyclic) bond motifs is 1. The maximum atomic E-state index is 12.9. The van der Waals surface area contributed by atoms with Crippen LogP contribution in [-0.4, -0.2) is 17.9 Å². The second-order valence-electron chi connectivity index (χ2n) is 6.85. The number of aromatic nitrogens is 1. The lowest BCUT2D eigenvalue weighted by molar-refractivity contribution is 0.0855. The summed E-state index contributed by atoms with van der Waals surface area (Å²) in [5.74, 6) is 1.80. The number of Topliss-reactive ketones (excluding diaryl/α,β-unsaturated/α-hetero) is 1. The fourth-order valence-corrected chi connectivity index (χ4v) is 2.62. The molecule has 4 heteroatoms. The van der Waals surface area contributed by atoms with Crippen LogP contribution >= 0.6 is 0 Å². The zero-order chi connectivity index (χ0) is 18.0. The highest BCUT2D eigenvalue weighted by Gasteiger charge is 2.28. The molecule has 0 N–H and O–H groups in total. The second kappa shape index (κ2) is 6.55. The average molecular weight is 335 g/mol. The van der Waals surface area contributed by atoms with Gasteiger partial charge in [-0.25, -0.2) is 0 Å². The molecule has 0 amide bonds. The van der Waals surface area contributed by atoms with E-state index < -0.39 is 5.41 Å². The Morgan fingerprint density at radius 3 is 2.36 bits per heavy atom. The molecule has 0 saturated heterocycles. The summed E-state index contributed by atoms with van der Waals surface area (Å²) in [5, 5.41) is 0.748. The second-order valence-corrected chi connectivity index (χ2v) is 6.85. The standard InChI is InChI=1S/C21H21NO3/c1-21(2,3)20(23)16-13-22-18-15(11-8-12-17(18)24-4)19(16)25-14-9-6-5-7-10-14/h5-13H,1-4H3. The first kappa shape index (κ1) is 17.0. The van der Waals surface area contributed by atoms with Crippen molar-refractivity contribution in [1.82, 2.24) is 4.98 Å². The number of rotatable bonds is 4. The number of carbonyl (C=O) groups excluding carboxylic acids is 1. The Kier molecular flexibility index (Phi) is 4.45. The van der Waals surface area contributed by atoms with E-state index in [1.54, 1.807) is 13.3 Å². The Balaban J connectivity index is 2.25. The summed E-state index contributed by atoms with van der Waals surface area (Å²) in [6.07, 6.45) is 1.58. The van der Waals surface area contributed by atoms with Crippen molar-refractivity contribution in [1.29, 1.82) is 0 Å². The molecule has 0 spiro atoms. The van der Waals surface area contributed by atoms with Crippen molar-refractivity contribution < 1.29 is 14.3 Å². The highest BCUT2D eigenvalue weighted by molar-refractivity contribution is 6.06. The summed E-state index contributed by atoms with van der Waals surface area (Å²) >= 11 is 0. The van der Waals surface area contributed by atoms with Gasteiger partial charge in [0.25, 0.3) is 0 Å². The summed E-state index contributed by atoms with van der Waals surface area (Å²) in [6.45, 7) is 5.66. The van der Waals surface area contributed by atoms with Gasteiger partial charge < -0.3 is 9.47 Å². The van der Waals surface area contributed by atoms with Gasteiger partial charge in [-0.3, -0.25) is 9.78 Å². The van der Waals surface area contributed by atoms with Crippen LogP contribution in [0.4, 0.5) is 0 Å². The molecule has 1 heterocycles. The van der Waals surface area contributed by atoms with E-state index in [2.05, 4.69) is 4.98 Å². The molecule has 25 heavy (non-hydrogen) atoms. The first-order chi connectivity index (χ1) is 11.9. The lowest BCUT2D eigenvalue weighted by Crippen LogP contribution is -2.21. The Morgan fingerprint density at radius 1 is 1.00 bits per heavy atom. The molecule has 0 radical (unpaired) electrons. The van der Waals surface area contributed by atoms with Crippen LogP contribution in [0.25, 0.3) is 10.9 Å². The normalized spacial score (nSPS) is 11.4. The minimum Gasteiger partial charge on any atom is -0.494 e. The molecular weight excluding hydrogens is 314 g/mol. The van der Waals surface area contributed by atoms with E-state index in [1.165, 1.54) is 0 Å². The number of carbonyl (C=O) groups is 1. The van der Waals surface area contributed by atoms with Gasteiger partial charge in [0.2, 0.25) is 0 Å². The molecule has 0 unspecified atom stereocenters.